The van der Waals surface area contributed by atoms with Gasteiger partial charge in [-0.3, -0.25) is 0 Å². The molecule has 1 rings (SSSR count). The minimum absolute atomic E-state index is 0.274. The number of hydrogen-bond donors (Lipinski definition) is 2. The zero-order valence-electron chi connectivity index (χ0n) is 6.45. The van der Waals surface area contributed by atoms with Gasteiger partial charge in [-0.25, -0.2) is 4.39 Å². The average molecular weight is 147 g/mol. The molecule has 3 heteroatoms. The highest BCUT2D eigenvalue weighted by molar-refractivity contribution is 5.01. The SMILES string of the molecule is CC1(C)CNCC1(F)CO. The Balaban J connectivity index is 2.76. The van der Waals surface area contributed by atoms with Crippen molar-refractivity contribution in [2.24, 2.45) is 5.41 Å². The molecule has 1 atom stereocenters. The number of rotatable bonds is 1. The summed E-state index contributed by atoms with van der Waals surface area (Å²) in [6, 6.07) is 0. The van der Waals surface area contributed by atoms with E-state index in [-0.39, 0.29) is 13.2 Å². The molecule has 10 heavy (non-hydrogen) atoms. The van der Waals surface area contributed by atoms with Gasteiger partial charge < -0.3 is 10.4 Å². The van der Waals surface area contributed by atoms with Crippen LogP contribution in [0.3, 0.4) is 0 Å². The van der Waals surface area contributed by atoms with Crippen LogP contribution in [-0.4, -0.2) is 30.5 Å². The number of hydrogen-bond acceptors (Lipinski definition) is 2. The molecule has 2 N–H and O–H groups in total. The number of aliphatic hydroxyl groups excluding tert-OH is 1. The normalized spacial score (nSPS) is 38.4. The highest BCUT2D eigenvalue weighted by Crippen LogP contribution is 2.37. The maximum Gasteiger partial charge on any atom is 0.152 e. The van der Waals surface area contributed by atoms with E-state index in [9.17, 15) is 4.39 Å². The smallest absolute Gasteiger partial charge is 0.152 e. The van der Waals surface area contributed by atoms with Crippen LogP contribution in [0.1, 0.15) is 13.8 Å². The van der Waals surface area contributed by atoms with Crippen LogP contribution in [0, 0.1) is 5.41 Å². The van der Waals surface area contributed by atoms with Gasteiger partial charge in [0, 0.05) is 18.5 Å². The molecule has 1 aliphatic heterocycles. The first-order chi connectivity index (χ1) is 4.52. The third-order valence-electron chi connectivity index (χ3n) is 2.44. The molecule has 0 spiro atoms. The summed E-state index contributed by atoms with van der Waals surface area (Å²) in [6.45, 7) is 4.18. The Bertz CT molecular complexity index is 138. The first kappa shape index (κ1) is 7.95. The highest BCUT2D eigenvalue weighted by Gasteiger charge is 2.49. The predicted octanol–water partition coefficient (Wildman–Crippen LogP) is 0.316. The molecule has 1 saturated heterocycles. The Morgan fingerprint density at radius 3 is 2.30 bits per heavy atom. The van der Waals surface area contributed by atoms with E-state index in [1.165, 1.54) is 0 Å². The zero-order chi connectivity index (χ0) is 7.83. The summed E-state index contributed by atoms with van der Waals surface area (Å²) >= 11 is 0. The lowest BCUT2D eigenvalue weighted by atomic mass is 9.80. The van der Waals surface area contributed by atoms with E-state index in [1.807, 2.05) is 13.8 Å². The molecule has 0 aromatic heterocycles. The van der Waals surface area contributed by atoms with Crippen molar-refractivity contribution in [2.75, 3.05) is 19.7 Å². The molecular formula is C7H14FNO. The van der Waals surface area contributed by atoms with E-state index in [2.05, 4.69) is 5.32 Å². The molecule has 1 unspecified atom stereocenters. The molecule has 60 valence electrons. The van der Waals surface area contributed by atoms with Crippen LogP contribution in [-0.2, 0) is 0 Å². The maximum absolute atomic E-state index is 13.5. The fourth-order valence-electron chi connectivity index (χ4n) is 1.24. The van der Waals surface area contributed by atoms with Crippen molar-refractivity contribution in [1.29, 1.82) is 0 Å². The Labute approximate surface area is 60.4 Å². The van der Waals surface area contributed by atoms with E-state index >= 15 is 0 Å². The van der Waals surface area contributed by atoms with Gasteiger partial charge >= 0.3 is 0 Å². The molecule has 1 aliphatic rings. The van der Waals surface area contributed by atoms with Gasteiger partial charge in [-0.15, -0.1) is 0 Å². The molecule has 0 bridgehead atoms. The number of nitrogens with one attached hydrogen (secondary N) is 1. The van der Waals surface area contributed by atoms with Crippen molar-refractivity contribution in [3.05, 3.63) is 0 Å². The van der Waals surface area contributed by atoms with Crippen molar-refractivity contribution in [1.82, 2.24) is 5.32 Å². The predicted molar refractivity (Wildman–Crippen MR) is 37.6 cm³/mol. The molecule has 0 aromatic rings. The summed E-state index contributed by atoms with van der Waals surface area (Å²) < 4.78 is 13.5. The molecule has 0 amide bonds. The van der Waals surface area contributed by atoms with Gasteiger partial charge in [-0.1, -0.05) is 13.8 Å². The van der Waals surface area contributed by atoms with Crippen LogP contribution in [0.2, 0.25) is 0 Å². The van der Waals surface area contributed by atoms with E-state index in [0.29, 0.717) is 6.54 Å². The molecule has 1 fully saturated rings. The van der Waals surface area contributed by atoms with Crippen molar-refractivity contribution in [2.45, 2.75) is 19.5 Å². The van der Waals surface area contributed by atoms with E-state index in [0.717, 1.165) is 0 Å². The van der Waals surface area contributed by atoms with Crippen LogP contribution < -0.4 is 5.32 Å². The molecule has 0 aliphatic carbocycles. The maximum atomic E-state index is 13.5. The van der Waals surface area contributed by atoms with Gasteiger partial charge in [0.15, 0.2) is 5.67 Å². The first-order valence-corrected chi connectivity index (χ1v) is 3.52. The molecule has 2 nitrogen and oxygen atoms in total. The number of aliphatic hydroxyl groups is 1. The third-order valence-corrected chi connectivity index (χ3v) is 2.44. The van der Waals surface area contributed by atoms with Crippen LogP contribution in [0.15, 0.2) is 0 Å². The first-order valence-electron chi connectivity index (χ1n) is 3.52. The zero-order valence-corrected chi connectivity index (χ0v) is 6.45. The summed E-state index contributed by atoms with van der Waals surface area (Å²) in [5, 5.41) is 11.7. The lowest BCUT2D eigenvalue weighted by molar-refractivity contribution is 0.00721. The minimum atomic E-state index is -1.42. The van der Waals surface area contributed by atoms with Crippen LogP contribution >= 0.6 is 0 Å². The molecule has 0 saturated carbocycles. The monoisotopic (exact) mass is 147 g/mol. The van der Waals surface area contributed by atoms with Gasteiger partial charge in [0.2, 0.25) is 0 Å². The highest BCUT2D eigenvalue weighted by atomic mass is 19.1. The van der Waals surface area contributed by atoms with Crippen molar-refractivity contribution in [3.63, 3.8) is 0 Å². The molecule has 0 radical (unpaired) electrons. The average Bonchev–Trinajstić information content (AvgIpc) is 2.10. The van der Waals surface area contributed by atoms with Crippen molar-refractivity contribution < 1.29 is 9.50 Å². The van der Waals surface area contributed by atoms with Gasteiger partial charge in [-0.2, -0.15) is 0 Å². The van der Waals surface area contributed by atoms with Gasteiger partial charge in [0.25, 0.3) is 0 Å². The summed E-state index contributed by atoms with van der Waals surface area (Å²) in [4.78, 5) is 0. The Morgan fingerprint density at radius 2 is 2.10 bits per heavy atom. The second-order valence-corrected chi connectivity index (χ2v) is 3.61. The second-order valence-electron chi connectivity index (χ2n) is 3.61. The minimum Gasteiger partial charge on any atom is -0.393 e. The van der Waals surface area contributed by atoms with Crippen LogP contribution in [0.25, 0.3) is 0 Å². The van der Waals surface area contributed by atoms with Crippen molar-refractivity contribution in [3.8, 4) is 0 Å². The Kier molecular flexibility index (Phi) is 1.73. The Morgan fingerprint density at radius 1 is 1.50 bits per heavy atom. The lowest BCUT2D eigenvalue weighted by Gasteiger charge is -2.30. The number of alkyl halides is 1. The number of halogens is 1. The second kappa shape index (κ2) is 2.17. The van der Waals surface area contributed by atoms with Gasteiger partial charge in [0.05, 0.1) is 6.61 Å². The van der Waals surface area contributed by atoms with Crippen LogP contribution in [0.5, 0.6) is 0 Å². The summed E-state index contributed by atoms with van der Waals surface area (Å²) in [5.74, 6) is 0. The van der Waals surface area contributed by atoms with Crippen molar-refractivity contribution >= 4 is 0 Å². The summed E-state index contributed by atoms with van der Waals surface area (Å²) in [7, 11) is 0. The van der Waals surface area contributed by atoms with E-state index < -0.39 is 11.1 Å². The van der Waals surface area contributed by atoms with Gasteiger partial charge in [-0.05, 0) is 0 Å². The van der Waals surface area contributed by atoms with Crippen LogP contribution in [0.4, 0.5) is 4.39 Å². The fraction of sp³-hybridized carbons (Fsp3) is 1.00. The third kappa shape index (κ3) is 0.935. The van der Waals surface area contributed by atoms with E-state index in [4.69, 9.17) is 5.11 Å². The quantitative estimate of drug-likeness (QED) is 0.559. The molecule has 0 aromatic carbocycles. The summed E-state index contributed by atoms with van der Waals surface area (Å²) in [6.07, 6.45) is 0. The van der Waals surface area contributed by atoms with Gasteiger partial charge in [0.1, 0.15) is 0 Å². The summed E-state index contributed by atoms with van der Waals surface area (Å²) in [5.41, 5.74) is -1.85. The van der Waals surface area contributed by atoms with E-state index in [1.54, 1.807) is 0 Å². The largest absolute Gasteiger partial charge is 0.393 e. The fourth-order valence-corrected chi connectivity index (χ4v) is 1.24. The molecule has 1 heterocycles. The topological polar surface area (TPSA) is 32.3 Å². The standard InChI is InChI=1S/C7H14FNO/c1-6(2)3-9-4-7(6,8)5-10/h9-10H,3-5H2,1-2H3. The lowest BCUT2D eigenvalue weighted by Crippen LogP contribution is -2.42. The Hall–Kier alpha value is -0.150. The molecular weight excluding hydrogens is 133 g/mol.